The quantitative estimate of drug-likeness (QED) is 0.875. The predicted molar refractivity (Wildman–Crippen MR) is 60.0 cm³/mol. The number of rotatable bonds is 3. The van der Waals surface area contributed by atoms with Crippen LogP contribution in [0, 0.1) is 5.41 Å². The Morgan fingerprint density at radius 2 is 1.93 bits per heavy atom. The normalized spacial score (nSPS) is 14.1. The van der Waals surface area contributed by atoms with Crippen LogP contribution in [0.5, 0.6) is 0 Å². The van der Waals surface area contributed by atoms with E-state index < -0.39 is 11.5 Å². The van der Waals surface area contributed by atoms with Gasteiger partial charge in [0.15, 0.2) is 0 Å². The SMILES string of the molecule is CC(C)(CO)C(O)c1ccccc1Br. The highest BCUT2D eigenvalue weighted by Crippen LogP contribution is 2.35. The molecule has 0 bridgehead atoms. The van der Waals surface area contributed by atoms with Crippen LogP contribution in [0.25, 0.3) is 0 Å². The minimum atomic E-state index is -0.664. The Morgan fingerprint density at radius 3 is 2.43 bits per heavy atom. The van der Waals surface area contributed by atoms with Gasteiger partial charge in [-0.3, -0.25) is 0 Å². The lowest BCUT2D eigenvalue weighted by atomic mass is 9.83. The second-order valence-corrected chi connectivity index (χ2v) is 4.93. The van der Waals surface area contributed by atoms with Gasteiger partial charge in [0.1, 0.15) is 0 Å². The van der Waals surface area contributed by atoms with Gasteiger partial charge in [-0.05, 0) is 11.6 Å². The maximum absolute atomic E-state index is 10.0. The van der Waals surface area contributed by atoms with Crippen molar-refractivity contribution in [3.8, 4) is 0 Å². The van der Waals surface area contributed by atoms with E-state index in [9.17, 15) is 5.11 Å². The van der Waals surface area contributed by atoms with E-state index in [1.54, 1.807) is 0 Å². The molecule has 1 unspecified atom stereocenters. The molecule has 0 saturated carbocycles. The maximum atomic E-state index is 10.0. The number of benzene rings is 1. The number of aliphatic hydroxyl groups excluding tert-OH is 2. The van der Waals surface area contributed by atoms with Gasteiger partial charge in [0, 0.05) is 9.89 Å². The van der Waals surface area contributed by atoms with Gasteiger partial charge in [-0.25, -0.2) is 0 Å². The predicted octanol–water partition coefficient (Wildman–Crippen LogP) is 2.50. The fraction of sp³-hybridized carbons (Fsp3) is 0.455. The Morgan fingerprint density at radius 1 is 1.36 bits per heavy atom. The number of halogens is 1. The first-order valence-corrected chi connectivity index (χ1v) is 5.31. The molecule has 2 N–H and O–H groups in total. The first kappa shape index (κ1) is 11.7. The van der Waals surface area contributed by atoms with Crippen LogP contribution in [0.4, 0.5) is 0 Å². The van der Waals surface area contributed by atoms with Crippen molar-refractivity contribution in [1.29, 1.82) is 0 Å². The largest absolute Gasteiger partial charge is 0.396 e. The van der Waals surface area contributed by atoms with Crippen LogP contribution in [-0.4, -0.2) is 16.8 Å². The van der Waals surface area contributed by atoms with Crippen LogP contribution in [0.15, 0.2) is 28.7 Å². The average Bonchev–Trinajstić information content (AvgIpc) is 2.17. The Bertz CT molecular complexity index is 310. The second-order valence-electron chi connectivity index (χ2n) is 4.07. The van der Waals surface area contributed by atoms with Gasteiger partial charge in [-0.15, -0.1) is 0 Å². The molecule has 1 aromatic carbocycles. The van der Waals surface area contributed by atoms with Crippen molar-refractivity contribution in [2.75, 3.05) is 6.61 Å². The van der Waals surface area contributed by atoms with Crippen molar-refractivity contribution in [2.24, 2.45) is 5.41 Å². The van der Waals surface area contributed by atoms with E-state index in [1.807, 2.05) is 38.1 Å². The molecule has 14 heavy (non-hydrogen) atoms. The molecule has 0 aliphatic carbocycles. The molecule has 1 aromatic rings. The molecule has 0 aromatic heterocycles. The Hall–Kier alpha value is -0.380. The lowest BCUT2D eigenvalue weighted by Gasteiger charge is -2.29. The van der Waals surface area contributed by atoms with Crippen LogP contribution >= 0.6 is 15.9 Å². The van der Waals surface area contributed by atoms with E-state index in [4.69, 9.17) is 5.11 Å². The first-order valence-electron chi connectivity index (χ1n) is 4.52. The van der Waals surface area contributed by atoms with E-state index in [-0.39, 0.29) is 6.61 Å². The molecule has 0 aliphatic rings. The summed E-state index contributed by atoms with van der Waals surface area (Å²) in [6.45, 7) is 3.61. The highest BCUT2D eigenvalue weighted by Gasteiger charge is 2.29. The smallest absolute Gasteiger partial charge is 0.0873 e. The first-order chi connectivity index (χ1) is 6.49. The molecule has 0 saturated heterocycles. The highest BCUT2D eigenvalue weighted by molar-refractivity contribution is 9.10. The molecule has 0 heterocycles. The molecule has 1 atom stereocenters. The fourth-order valence-electron chi connectivity index (χ4n) is 1.20. The van der Waals surface area contributed by atoms with Gasteiger partial charge in [0.25, 0.3) is 0 Å². The van der Waals surface area contributed by atoms with E-state index in [1.165, 1.54) is 0 Å². The number of aliphatic hydroxyl groups is 2. The highest BCUT2D eigenvalue weighted by atomic mass is 79.9. The fourth-order valence-corrected chi connectivity index (χ4v) is 1.71. The molecule has 0 aliphatic heterocycles. The standard InChI is InChI=1S/C11H15BrO2/c1-11(2,7-13)10(14)8-5-3-4-6-9(8)12/h3-6,10,13-14H,7H2,1-2H3. The lowest BCUT2D eigenvalue weighted by molar-refractivity contribution is 0.00595. The van der Waals surface area contributed by atoms with Crippen molar-refractivity contribution in [1.82, 2.24) is 0 Å². The third kappa shape index (κ3) is 2.35. The Balaban J connectivity index is 3.00. The summed E-state index contributed by atoms with van der Waals surface area (Å²) >= 11 is 3.38. The van der Waals surface area contributed by atoms with Gasteiger partial charge >= 0.3 is 0 Å². The summed E-state index contributed by atoms with van der Waals surface area (Å²) in [4.78, 5) is 0. The topological polar surface area (TPSA) is 40.5 Å². The molecular formula is C11H15BrO2. The summed E-state index contributed by atoms with van der Waals surface area (Å²) in [5.74, 6) is 0. The molecule has 78 valence electrons. The molecule has 0 radical (unpaired) electrons. The van der Waals surface area contributed by atoms with Gasteiger partial charge in [0.2, 0.25) is 0 Å². The molecule has 1 rings (SSSR count). The average molecular weight is 259 g/mol. The summed E-state index contributed by atoms with van der Waals surface area (Å²) < 4.78 is 0.869. The summed E-state index contributed by atoms with van der Waals surface area (Å²) in [5, 5.41) is 19.2. The van der Waals surface area contributed by atoms with E-state index in [0.29, 0.717) is 0 Å². The van der Waals surface area contributed by atoms with E-state index in [2.05, 4.69) is 15.9 Å². The minimum Gasteiger partial charge on any atom is -0.396 e. The number of hydrogen-bond acceptors (Lipinski definition) is 2. The van der Waals surface area contributed by atoms with Crippen molar-refractivity contribution in [2.45, 2.75) is 20.0 Å². The third-order valence-corrected chi connectivity index (χ3v) is 3.07. The van der Waals surface area contributed by atoms with Crippen LogP contribution < -0.4 is 0 Å². The molecule has 0 amide bonds. The number of hydrogen-bond donors (Lipinski definition) is 2. The molecular weight excluding hydrogens is 244 g/mol. The molecule has 2 nitrogen and oxygen atoms in total. The second kappa shape index (κ2) is 4.43. The van der Waals surface area contributed by atoms with Crippen LogP contribution in [0.1, 0.15) is 25.5 Å². The van der Waals surface area contributed by atoms with Crippen LogP contribution in [0.3, 0.4) is 0 Å². The molecule has 3 heteroatoms. The van der Waals surface area contributed by atoms with Crippen molar-refractivity contribution >= 4 is 15.9 Å². The van der Waals surface area contributed by atoms with E-state index >= 15 is 0 Å². The van der Waals surface area contributed by atoms with Gasteiger partial charge < -0.3 is 10.2 Å². The van der Waals surface area contributed by atoms with Gasteiger partial charge in [-0.1, -0.05) is 48.0 Å². The Kier molecular flexibility index (Phi) is 3.70. The summed E-state index contributed by atoms with van der Waals surface area (Å²) in [5.41, 5.74) is 0.288. The van der Waals surface area contributed by atoms with Gasteiger partial charge in [-0.2, -0.15) is 0 Å². The summed E-state index contributed by atoms with van der Waals surface area (Å²) in [7, 11) is 0. The van der Waals surface area contributed by atoms with Crippen LogP contribution in [-0.2, 0) is 0 Å². The maximum Gasteiger partial charge on any atom is 0.0873 e. The van der Waals surface area contributed by atoms with Gasteiger partial charge in [0.05, 0.1) is 12.7 Å². The third-order valence-electron chi connectivity index (χ3n) is 2.35. The van der Waals surface area contributed by atoms with Crippen molar-refractivity contribution < 1.29 is 10.2 Å². The zero-order valence-electron chi connectivity index (χ0n) is 8.37. The van der Waals surface area contributed by atoms with Crippen molar-refractivity contribution in [3.05, 3.63) is 34.3 Å². The minimum absolute atomic E-state index is 0.0461. The van der Waals surface area contributed by atoms with E-state index in [0.717, 1.165) is 10.0 Å². The summed E-state index contributed by atoms with van der Waals surface area (Å²) in [6.07, 6.45) is -0.664. The van der Waals surface area contributed by atoms with Crippen molar-refractivity contribution in [3.63, 3.8) is 0 Å². The summed E-state index contributed by atoms with van der Waals surface area (Å²) in [6, 6.07) is 7.50. The zero-order chi connectivity index (χ0) is 10.8. The van der Waals surface area contributed by atoms with Crippen LogP contribution in [0.2, 0.25) is 0 Å². The molecule has 0 fully saturated rings. The lowest BCUT2D eigenvalue weighted by Crippen LogP contribution is -2.26. The Labute approximate surface area is 92.7 Å². The zero-order valence-corrected chi connectivity index (χ0v) is 9.95. The monoisotopic (exact) mass is 258 g/mol. The molecule has 0 spiro atoms.